The number of rotatable bonds is 8. The maximum atomic E-state index is 13.3. The molecule has 0 aliphatic heterocycles. The number of carbonyl (C=O) groups excluding carboxylic acids is 2. The number of halogens is 2. The topological polar surface area (TPSA) is 114 Å². The van der Waals surface area contributed by atoms with E-state index in [2.05, 4.69) is 20.1 Å². The molecule has 0 heterocycles. The van der Waals surface area contributed by atoms with Crippen LogP contribution in [-0.4, -0.2) is 33.6 Å². The van der Waals surface area contributed by atoms with E-state index in [0.29, 0.717) is 18.2 Å². The molecule has 0 aromatic heterocycles. The quantitative estimate of drug-likeness (QED) is 0.564. The number of ether oxygens (including phenoxy) is 1. The van der Waals surface area contributed by atoms with Gasteiger partial charge in [0.1, 0.15) is 6.04 Å². The minimum Gasteiger partial charge on any atom is -0.453 e. The monoisotopic (exact) mass is 455 g/mol. The molecule has 0 radical (unpaired) electrons. The average molecular weight is 455 g/mol. The van der Waals surface area contributed by atoms with Gasteiger partial charge in [0.2, 0.25) is 5.91 Å². The summed E-state index contributed by atoms with van der Waals surface area (Å²) in [7, 11) is -2.94. The summed E-state index contributed by atoms with van der Waals surface area (Å²) in [6, 6.07) is 7.10. The Morgan fingerprint density at radius 2 is 1.61 bits per heavy atom. The Morgan fingerprint density at radius 1 is 1.00 bits per heavy atom. The molecule has 0 aliphatic rings. The van der Waals surface area contributed by atoms with Crippen molar-refractivity contribution in [1.29, 1.82) is 0 Å². The molecule has 168 valence electrons. The van der Waals surface area contributed by atoms with Crippen LogP contribution in [0.2, 0.25) is 0 Å². The van der Waals surface area contributed by atoms with Gasteiger partial charge in [-0.1, -0.05) is 13.8 Å². The molecule has 2 aromatic rings. The van der Waals surface area contributed by atoms with E-state index in [0.717, 1.165) is 12.1 Å². The van der Waals surface area contributed by atoms with E-state index in [1.165, 1.54) is 31.4 Å². The first-order valence-electron chi connectivity index (χ1n) is 9.25. The predicted molar refractivity (Wildman–Crippen MR) is 111 cm³/mol. The number of methoxy groups -OCH3 is 1. The van der Waals surface area contributed by atoms with Crippen molar-refractivity contribution in [3.05, 3.63) is 54.1 Å². The van der Waals surface area contributed by atoms with Crippen LogP contribution in [0.15, 0.2) is 47.4 Å². The minimum atomic E-state index is -4.14. The Labute approximate surface area is 179 Å². The summed E-state index contributed by atoms with van der Waals surface area (Å²) in [6.45, 7) is 3.79. The highest BCUT2D eigenvalue weighted by atomic mass is 32.2. The van der Waals surface area contributed by atoms with Crippen molar-refractivity contribution in [3.8, 4) is 0 Å². The van der Waals surface area contributed by atoms with Crippen molar-refractivity contribution in [3.63, 3.8) is 0 Å². The molecule has 0 aliphatic carbocycles. The molecule has 1 unspecified atom stereocenters. The van der Waals surface area contributed by atoms with Crippen molar-refractivity contribution < 1.29 is 31.5 Å². The van der Waals surface area contributed by atoms with Crippen LogP contribution in [0.5, 0.6) is 0 Å². The van der Waals surface area contributed by atoms with E-state index < -0.39 is 44.6 Å². The summed E-state index contributed by atoms with van der Waals surface area (Å²) >= 11 is 0. The van der Waals surface area contributed by atoms with Gasteiger partial charge in [0.05, 0.1) is 12.0 Å². The smallest absolute Gasteiger partial charge is 0.407 e. The molecule has 11 heteroatoms. The number of anilines is 2. The van der Waals surface area contributed by atoms with E-state index in [-0.39, 0.29) is 11.6 Å². The van der Waals surface area contributed by atoms with Gasteiger partial charge in [0.25, 0.3) is 10.0 Å². The molecule has 0 fully saturated rings. The van der Waals surface area contributed by atoms with Gasteiger partial charge in [0, 0.05) is 11.4 Å². The Kier molecular flexibility index (Phi) is 7.92. The second kappa shape index (κ2) is 10.2. The number of alkyl carbamates (subject to hydrolysis) is 1. The third-order valence-corrected chi connectivity index (χ3v) is 5.49. The zero-order chi connectivity index (χ0) is 23.2. The highest BCUT2D eigenvalue weighted by Crippen LogP contribution is 2.20. The predicted octanol–water partition coefficient (Wildman–Crippen LogP) is 3.47. The summed E-state index contributed by atoms with van der Waals surface area (Å²) in [6.07, 6.45) is -0.352. The molecule has 2 aromatic carbocycles. The Bertz CT molecular complexity index is 1040. The fourth-order valence-corrected chi connectivity index (χ4v) is 3.68. The van der Waals surface area contributed by atoms with Gasteiger partial charge in [-0.05, 0) is 54.8 Å². The zero-order valence-electron chi connectivity index (χ0n) is 17.1. The van der Waals surface area contributed by atoms with E-state index in [9.17, 15) is 26.8 Å². The summed E-state index contributed by atoms with van der Waals surface area (Å²) in [5.74, 6) is -2.77. The first kappa shape index (κ1) is 24.1. The van der Waals surface area contributed by atoms with Crippen molar-refractivity contribution in [2.75, 3.05) is 17.1 Å². The van der Waals surface area contributed by atoms with Gasteiger partial charge in [-0.2, -0.15) is 0 Å². The molecule has 0 spiro atoms. The summed E-state index contributed by atoms with van der Waals surface area (Å²) in [4.78, 5) is 23.5. The van der Waals surface area contributed by atoms with Crippen LogP contribution < -0.4 is 15.4 Å². The van der Waals surface area contributed by atoms with Gasteiger partial charge < -0.3 is 15.4 Å². The van der Waals surface area contributed by atoms with Crippen molar-refractivity contribution in [2.24, 2.45) is 5.92 Å². The van der Waals surface area contributed by atoms with Crippen LogP contribution >= 0.6 is 0 Å². The van der Waals surface area contributed by atoms with Crippen LogP contribution in [0.3, 0.4) is 0 Å². The fraction of sp³-hybridized carbons (Fsp3) is 0.300. The number of benzene rings is 2. The maximum absolute atomic E-state index is 13.3. The molecule has 1 atom stereocenters. The molecule has 0 saturated heterocycles. The molecular formula is C20H23F2N3O5S. The molecule has 2 amide bonds. The van der Waals surface area contributed by atoms with Crippen LogP contribution in [0.4, 0.5) is 25.0 Å². The molecule has 3 N–H and O–H groups in total. The standard InChI is InChI=1S/C20H23F2N3O5S/c1-12(2)10-18(24-20(27)30-3)19(26)23-13-4-6-14(7-5-13)25-31(28,29)15-8-9-16(21)17(22)11-15/h4-9,11-12,18,25H,10H2,1-3H3,(H,23,26)(H,24,27). The van der Waals surface area contributed by atoms with Gasteiger partial charge in [-0.3, -0.25) is 9.52 Å². The van der Waals surface area contributed by atoms with Gasteiger partial charge in [-0.25, -0.2) is 22.0 Å². The lowest BCUT2D eigenvalue weighted by Crippen LogP contribution is -2.44. The Hall–Kier alpha value is -3.21. The van der Waals surface area contributed by atoms with Crippen LogP contribution in [0.1, 0.15) is 20.3 Å². The van der Waals surface area contributed by atoms with E-state index >= 15 is 0 Å². The molecule has 8 nitrogen and oxygen atoms in total. The minimum absolute atomic E-state index is 0.126. The molecule has 0 saturated carbocycles. The van der Waals surface area contributed by atoms with Gasteiger partial charge in [0.15, 0.2) is 11.6 Å². The van der Waals surface area contributed by atoms with E-state index in [4.69, 9.17) is 0 Å². The van der Waals surface area contributed by atoms with E-state index in [1.54, 1.807) is 0 Å². The number of nitrogens with one attached hydrogen (secondary N) is 3. The highest BCUT2D eigenvalue weighted by Gasteiger charge is 2.22. The number of hydrogen-bond donors (Lipinski definition) is 3. The average Bonchev–Trinajstić information content (AvgIpc) is 2.70. The number of carbonyl (C=O) groups is 2. The first-order valence-corrected chi connectivity index (χ1v) is 10.7. The summed E-state index contributed by atoms with van der Waals surface area (Å²) in [5, 5.41) is 5.10. The molecule has 0 bridgehead atoms. The number of amides is 2. The second-order valence-electron chi connectivity index (χ2n) is 7.07. The third kappa shape index (κ3) is 6.92. The number of hydrogen-bond acceptors (Lipinski definition) is 5. The fourth-order valence-electron chi connectivity index (χ4n) is 2.61. The SMILES string of the molecule is COC(=O)NC(CC(C)C)C(=O)Nc1ccc(NS(=O)(=O)c2ccc(F)c(F)c2)cc1. The van der Waals surface area contributed by atoms with E-state index in [1.807, 2.05) is 13.8 Å². The lowest BCUT2D eigenvalue weighted by molar-refractivity contribution is -0.118. The summed E-state index contributed by atoms with van der Waals surface area (Å²) in [5.41, 5.74) is 0.510. The van der Waals surface area contributed by atoms with Crippen LogP contribution in [0, 0.1) is 17.6 Å². The van der Waals surface area contributed by atoms with Crippen LogP contribution in [0.25, 0.3) is 0 Å². The lowest BCUT2D eigenvalue weighted by Gasteiger charge is -2.19. The summed E-state index contributed by atoms with van der Waals surface area (Å²) < 4.78 is 57.8. The third-order valence-electron chi connectivity index (χ3n) is 4.11. The normalized spacial score (nSPS) is 12.2. The van der Waals surface area contributed by atoms with Crippen molar-refractivity contribution in [2.45, 2.75) is 31.2 Å². The maximum Gasteiger partial charge on any atom is 0.407 e. The number of sulfonamides is 1. The van der Waals surface area contributed by atoms with Gasteiger partial charge in [-0.15, -0.1) is 0 Å². The van der Waals surface area contributed by atoms with Gasteiger partial charge >= 0.3 is 6.09 Å². The van der Waals surface area contributed by atoms with Crippen LogP contribution in [-0.2, 0) is 19.6 Å². The van der Waals surface area contributed by atoms with Crippen molar-refractivity contribution >= 4 is 33.4 Å². The molecule has 2 rings (SSSR count). The molecular weight excluding hydrogens is 432 g/mol. The highest BCUT2D eigenvalue weighted by molar-refractivity contribution is 7.92. The largest absolute Gasteiger partial charge is 0.453 e. The Morgan fingerprint density at radius 3 is 2.16 bits per heavy atom. The Balaban J connectivity index is 2.09. The first-order chi connectivity index (χ1) is 14.5. The second-order valence-corrected chi connectivity index (χ2v) is 8.75. The van der Waals surface area contributed by atoms with Crippen molar-refractivity contribution in [1.82, 2.24) is 5.32 Å². The molecule has 31 heavy (non-hydrogen) atoms. The zero-order valence-corrected chi connectivity index (χ0v) is 17.9. The lowest BCUT2D eigenvalue weighted by atomic mass is 10.0.